The van der Waals surface area contributed by atoms with Crippen molar-refractivity contribution in [3.8, 4) is 0 Å². The molecule has 1 heterocycles. The van der Waals surface area contributed by atoms with Gasteiger partial charge < -0.3 is 10.3 Å². The monoisotopic (exact) mass is 194 g/mol. The van der Waals surface area contributed by atoms with Crippen molar-refractivity contribution in [2.45, 2.75) is 46.2 Å². The zero-order valence-electron chi connectivity index (χ0n) is 9.53. The first-order valence-electron chi connectivity index (χ1n) is 5.48. The molecule has 0 spiro atoms. The summed E-state index contributed by atoms with van der Waals surface area (Å²) >= 11 is 0. The van der Waals surface area contributed by atoms with E-state index >= 15 is 0 Å². The molecule has 0 aliphatic rings. The molecule has 0 fully saturated rings. The lowest BCUT2D eigenvalue weighted by atomic mass is 10.1. The molecule has 80 valence electrons. The molecule has 1 atom stereocenters. The third-order valence-electron chi connectivity index (χ3n) is 2.33. The quantitative estimate of drug-likeness (QED) is 0.766. The summed E-state index contributed by atoms with van der Waals surface area (Å²) in [6, 6.07) is 2.43. The lowest BCUT2D eigenvalue weighted by Crippen LogP contribution is -2.17. The van der Waals surface area contributed by atoms with Crippen LogP contribution >= 0.6 is 0 Å². The number of hydrogen-bond donors (Lipinski definition) is 1. The van der Waals surface area contributed by atoms with Crippen LogP contribution in [0.2, 0.25) is 0 Å². The Labute approximate surface area is 87.1 Å². The van der Waals surface area contributed by atoms with Gasteiger partial charge >= 0.3 is 0 Å². The molecular weight excluding hydrogens is 172 g/mol. The van der Waals surface area contributed by atoms with Crippen molar-refractivity contribution in [3.05, 3.63) is 24.0 Å². The highest BCUT2D eigenvalue weighted by molar-refractivity contribution is 5.11. The van der Waals surface area contributed by atoms with Gasteiger partial charge in [-0.3, -0.25) is 0 Å². The van der Waals surface area contributed by atoms with Crippen LogP contribution in [0.15, 0.2) is 18.5 Å². The number of nitrogens with two attached hydrogens (primary N) is 1. The zero-order chi connectivity index (χ0) is 10.6. The van der Waals surface area contributed by atoms with Gasteiger partial charge in [-0.2, -0.15) is 0 Å². The molecule has 0 radical (unpaired) electrons. The molecule has 0 aliphatic heterocycles. The Kier molecular flexibility index (Phi) is 4.21. The van der Waals surface area contributed by atoms with Crippen LogP contribution in [0.4, 0.5) is 0 Å². The largest absolute Gasteiger partial charge is 0.354 e. The van der Waals surface area contributed by atoms with Crippen LogP contribution in [0, 0.1) is 5.92 Å². The van der Waals surface area contributed by atoms with Gasteiger partial charge in [0.2, 0.25) is 0 Å². The van der Waals surface area contributed by atoms with Crippen LogP contribution in [0.3, 0.4) is 0 Å². The van der Waals surface area contributed by atoms with E-state index in [-0.39, 0.29) is 6.04 Å². The molecule has 0 amide bonds. The highest BCUT2D eigenvalue weighted by Crippen LogP contribution is 2.07. The van der Waals surface area contributed by atoms with E-state index in [0.717, 1.165) is 18.9 Å². The lowest BCUT2D eigenvalue weighted by Gasteiger charge is -2.05. The van der Waals surface area contributed by atoms with Gasteiger partial charge in [0.15, 0.2) is 0 Å². The molecule has 2 nitrogen and oxygen atoms in total. The SMILES string of the molecule is CC(C)CCn1ccc(CC(C)N)c1. The van der Waals surface area contributed by atoms with E-state index < -0.39 is 0 Å². The van der Waals surface area contributed by atoms with Crippen molar-refractivity contribution in [3.63, 3.8) is 0 Å². The molecule has 2 N–H and O–H groups in total. The summed E-state index contributed by atoms with van der Waals surface area (Å²) in [5, 5.41) is 0. The fourth-order valence-electron chi connectivity index (χ4n) is 1.53. The average Bonchev–Trinajstić information content (AvgIpc) is 2.47. The number of aromatic nitrogens is 1. The first-order chi connectivity index (χ1) is 6.58. The minimum Gasteiger partial charge on any atom is -0.354 e. The molecular formula is C12H22N2. The van der Waals surface area contributed by atoms with E-state index in [1.807, 2.05) is 6.92 Å². The van der Waals surface area contributed by atoms with Crippen LogP contribution < -0.4 is 5.73 Å². The van der Waals surface area contributed by atoms with Gasteiger partial charge in [-0.25, -0.2) is 0 Å². The Morgan fingerprint density at radius 3 is 2.64 bits per heavy atom. The molecule has 0 bridgehead atoms. The average molecular weight is 194 g/mol. The maximum atomic E-state index is 5.75. The van der Waals surface area contributed by atoms with Gasteiger partial charge in [0.25, 0.3) is 0 Å². The van der Waals surface area contributed by atoms with Crippen molar-refractivity contribution < 1.29 is 0 Å². The van der Waals surface area contributed by atoms with Gasteiger partial charge in [0.05, 0.1) is 0 Å². The molecule has 0 aromatic carbocycles. The van der Waals surface area contributed by atoms with Gasteiger partial charge in [-0.05, 0) is 37.3 Å². The van der Waals surface area contributed by atoms with Crippen LogP contribution in [0.1, 0.15) is 32.8 Å². The summed E-state index contributed by atoms with van der Waals surface area (Å²) in [7, 11) is 0. The molecule has 14 heavy (non-hydrogen) atoms. The number of rotatable bonds is 5. The second-order valence-electron chi connectivity index (χ2n) is 4.62. The fraction of sp³-hybridized carbons (Fsp3) is 0.667. The van der Waals surface area contributed by atoms with E-state index in [4.69, 9.17) is 5.73 Å². The first kappa shape index (κ1) is 11.3. The maximum absolute atomic E-state index is 5.75. The van der Waals surface area contributed by atoms with E-state index in [0.29, 0.717) is 0 Å². The van der Waals surface area contributed by atoms with Gasteiger partial charge in [-0.15, -0.1) is 0 Å². The highest BCUT2D eigenvalue weighted by Gasteiger charge is 2.01. The fourth-order valence-corrected chi connectivity index (χ4v) is 1.53. The Bertz CT molecular complexity index is 261. The Balaban J connectivity index is 2.42. The molecule has 0 saturated carbocycles. The summed E-state index contributed by atoms with van der Waals surface area (Å²) in [5.74, 6) is 0.772. The summed E-state index contributed by atoms with van der Waals surface area (Å²) < 4.78 is 2.26. The summed E-state index contributed by atoms with van der Waals surface area (Å²) in [4.78, 5) is 0. The Morgan fingerprint density at radius 2 is 2.07 bits per heavy atom. The van der Waals surface area contributed by atoms with Gasteiger partial charge in [0, 0.05) is 25.0 Å². The molecule has 1 rings (SSSR count). The normalized spacial score (nSPS) is 13.5. The number of aryl methyl sites for hydroxylation is 1. The lowest BCUT2D eigenvalue weighted by molar-refractivity contribution is 0.517. The highest BCUT2D eigenvalue weighted by atomic mass is 14.9. The second-order valence-corrected chi connectivity index (χ2v) is 4.62. The summed E-state index contributed by atoms with van der Waals surface area (Å²) in [6.07, 6.45) is 6.59. The van der Waals surface area contributed by atoms with Crippen molar-refractivity contribution in [2.75, 3.05) is 0 Å². The smallest absolute Gasteiger partial charge is 0.0222 e. The van der Waals surface area contributed by atoms with E-state index in [1.54, 1.807) is 0 Å². The second kappa shape index (κ2) is 5.20. The van der Waals surface area contributed by atoms with Crippen LogP contribution in [-0.4, -0.2) is 10.6 Å². The van der Waals surface area contributed by atoms with Crippen LogP contribution in [0.25, 0.3) is 0 Å². The van der Waals surface area contributed by atoms with Crippen molar-refractivity contribution in [1.82, 2.24) is 4.57 Å². The minimum atomic E-state index is 0.260. The van der Waals surface area contributed by atoms with E-state index in [9.17, 15) is 0 Å². The predicted octanol–water partition coefficient (Wildman–Crippen LogP) is 2.42. The molecule has 0 aliphatic carbocycles. The number of hydrogen-bond acceptors (Lipinski definition) is 1. The standard InChI is InChI=1S/C12H22N2/c1-10(2)4-6-14-7-5-12(9-14)8-11(3)13/h5,7,9-11H,4,6,8,13H2,1-3H3. The van der Waals surface area contributed by atoms with Gasteiger partial charge in [-0.1, -0.05) is 13.8 Å². The third kappa shape index (κ3) is 3.97. The third-order valence-corrected chi connectivity index (χ3v) is 2.33. The van der Waals surface area contributed by atoms with E-state index in [1.165, 1.54) is 12.0 Å². The molecule has 0 saturated heterocycles. The van der Waals surface area contributed by atoms with Crippen molar-refractivity contribution in [2.24, 2.45) is 11.7 Å². The van der Waals surface area contributed by atoms with Crippen molar-refractivity contribution >= 4 is 0 Å². The van der Waals surface area contributed by atoms with E-state index in [2.05, 4.69) is 36.9 Å². The molecule has 1 aromatic heterocycles. The summed E-state index contributed by atoms with van der Waals surface area (Å²) in [5.41, 5.74) is 7.10. The van der Waals surface area contributed by atoms with Crippen molar-refractivity contribution in [1.29, 1.82) is 0 Å². The Morgan fingerprint density at radius 1 is 1.36 bits per heavy atom. The summed E-state index contributed by atoms with van der Waals surface area (Å²) in [6.45, 7) is 7.68. The Hall–Kier alpha value is -0.760. The first-order valence-corrected chi connectivity index (χ1v) is 5.48. The molecule has 2 heteroatoms. The zero-order valence-corrected chi connectivity index (χ0v) is 9.53. The van der Waals surface area contributed by atoms with Crippen LogP contribution in [0.5, 0.6) is 0 Å². The molecule has 1 unspecified atom stereocenters. The minimum absolute atomic E-state index is 0.260. The number of nitrogens with zero attached hydrogens (tertiary/aromatic N) is 1. The van der Waals surface area contributed by atoms with Crippen LogP contribution in [-0.2, 0) is 13.0 Å². The maximum Gasteiger partial charge on any atom is 0.0222 e. The predicted molar refractivity (Wildman–Crippen MR) is 61.2 cm³/mol. The molecule has 1 aromatic rings. The topological polar surface area (TPSA) is 30.9 Å². The van der Waals surface area contributed by atoms with Gasteiger partial charge in [0.1, 0.15) is 0 Å².